The summed E-state index contributed by atoms with van der Waals surface area (Å²) in [5, 5.41) is 9.25. The highest BCUT2D eigenvalue weighted by Gasteiger charge is 2.27. The molecule has 0 bridgehead atoms. The number of aliphatic imine (C=N–C) groups is 1. The number of rotatable bonds is 8. The summed E-state index contributed by atoms with van der Waals surface area (Å²) in [5.41, 5.74) is 0. The molecule has 2 saturated heterocycles. The summed E-state index contributed by atoms with van der Waals surface area (Å²) in [4.78, 5) is 31.4. The molecule has 0 atom stereocenters. The van der Waals surface area contributed by atoms with Crippen molar-refractivity contribution in [3.05, 3.63) is 0 Å². The molecule has 0 aliphatic carbocycles. The van der Waals surface area contributed by atoms with Crippen LogP contribution < -0.4 is 16.0 Å². The summed E-state index contributed by atoms with van der Waals surface area (Å²) in [6.07, 6.45) is 4.74. The predicted molar refractivity (Wildman–Crippen MR) is 98.6 cm³/mol. The molecule has 142 valence electrons. The summed E-state index contributed by atoms with van der Waals surface area (Å²) >= 11 is 0. The number of amides is 3. The zero-order chi connectivity index (χ0) is 18.1. The first kappa shape index (κ1) is 19.5. The molecule has 3 N–H and O–H groups in total. The van der Waals surface area contributed by atoms with E-state index in [-0.39, 0.29) is 18.5 Å². The number of carbonyl (C=O) groups is 2. The predicted octanol–water partition coefficient (Wildman–Crippen LogP) is 0.358. The Bertz CT molecular complexity index is 458. The van der Waals surface area contributed by atoms with Crippen LogP contribution in [-0.4, -0.2) is 79.6 Å². The average Bonchev–Trinajstić information content (AvgIpc) is 2.93. The van der Waals surface area contributed by atoms with Gasteiger partial charge in [0.2, 0.25) is 5.91 Å². The van der Waals surface area contributed by atoms with Crippen LogP contribution in [0.1, 0.15) is 39.5 Å². The number of imide groups is 1. The Morgan fingerprint density at radius 3 is 2.60 bits per heavy atom. The largest absolute Gasteiger partial charge is 0.357 e. The monoisotopic (exact) mass is 352 g/mol. The lowest BCUT2D eigenvalue weighted by atomic mass is 10.0. The minimum Gasteiger partial charge on any atom is -0.357 e. The topological polar surface area (TPSA) is 89.1 Å². The lowest BCUT2D eigenvalue weighted by Gasteiger charge is -2.33. The number of carbonyl (C=O) groups excluding carboxylic acids is 2. The summed E-state index contributed by atoms with van der Waals surface area (Å²) in [5.74, 6) is 0.583. The van der Waals surface area contributed by atoms with Gasteiger partial charge in [-0.2, -0.15) is 0 Å². The Morgan fingerprint density at radius 2 is 2.00 bits per heavy atom. The zero-order valence-electron chi connectivity index (χ0n) is 15.5. The van der Waals surface area contributed by atoms with E-state index in [9.17, 15) is 9.59 Å². The maximum absolute atomic E-state index is 11.6. The fourth-order valence-electron chi connectivity index (χ4n) is 3.14. The summed E-state index contributed by atoms with van der Waals surface area (Å²) in [7, 11) is 0. The molecule has 2 aliphatic rings. The second kappa shape index (κ2) is 10.2. The molecule has 0 saturated carbocycles. The van der Waals surface area contributed by atoms with Crippen molar-refractivity contribution in [1.29, 1.82) is 0 Å². The second-order valence-electron chi connectivity index (χ2n) is 6.58. The van der Waals surface area contributed by atoms with Crippen LogP contribution in [0.4, 0.5) is 4.79 Å². The van der Waals surface area contributed by atoms with E-state index in [0.717, 1.165) is 38.4 Å². The molecular weight excluding hydrogens is 320 g/mol. The van der Waals surface area contributed by atoms with Crippen molar-refractivity contribution < 1.29 is 9.59 Å². The Kier molecular flexibility index (Phi) is 7.97. The molecule has 0 unspecified atom stereocenters. The molecule has 0 aromatic rings. The van der Waals surface area contributed by atoms with Gasteiger partial charge in [-0.15, -0.1) is 0 Å². The Morgan fingerprint density at radius 1 is 1.24 bits per heavy atom. The van der Waals surface area contributed by atoms with Gasteiger partial charge in [-0.1, -0.05) is 13.3 Å². The van der Waals surface area contributed by atoms with E-state index in [1.807, 2.05) is 6.92 Å². The summed E-state index contributed by atoms with van der Waals surface area (Å²) < 4.78 is 0. The van der Waals surface area contributed by atoms with Gasteiger partial charge in [0.05, 0.1) is 19.6 Å². The third-order valence-corrected chi connectivity index (χ3v) is 4.63. The zero-order valence-corrected chi connectivity index (χ0v) is 15.5. The van der Waals surface area contributed by atoms with Gasteiger partial charge in [-0.25, -0.2) is 4.79 Å². The van der Waals surface area contributed by atoms with Crippen LogP contribution in [-0.2, 0) is 4.79 Å². The number of hydrogen-bond acceptors (Lipinski definition) is 4. The molecular formula is C17H32N6O2. The highest BCUT2D eigenvalue weighted by Crippen LogP contribution is 2.11. The SMILES string of the molecule is CCCCN1CCC(NC(=NCCN2C(=O)CNC2=O)NCC)CC1. The lowest BCUT2D eigenvalue weighted by Crippen LogP contribution is -2.49. The smallest absolute Gasteiger partial charge is 0.324 e. The van der Waals surface area contributed by atoms with E-state index in [1.54, 1.807) is 0 Å². The van der Waals surface area contributed by atoms with Crippen LogP contribution in [0.2, 0.25) is 0 Å². The van der Waals surface area contributed by atoms with E-state index in [4.69, 9.17) is 0 Å². The molecule has 0 aromatic carbocycles. The van der Waals surface area contributed by atoms with Crippen LogP contribution in [0.15, 0.2) is 4.99 Å². The van der Waals surface area contributed by atoms with Gasteiger partial charge in [0.1, 0.15) is 0 Å². The number of nitrogens with zero attached hydrogens (tertiary/aromatic N) is 3. The van der Waals surface area contributed by atoms with Crippen molar-refractivity contribution in [1.82, 2.24) is 25.8 Å². The summed E-state index contributed by atoms with van der Waals surface area (Å²) in [6.45, 7) is 9.31. The number of urea groups is 1. The van der Waals surface area contributed by atoms with Crippen molar-refractivity contribution in [2.24, 2.45) is 4.99 Å². The number of piperidine rings is 1. The van der Waals surface area contributed by atoms with Crippen molar-refractivity contribution in [2.75, 3.05) is 45.8 Å². The van der Waals surface area contributed by atoms with Gasteiger partial charge in [0.15, 0.2) is 5.96 Å². The van der Waals surface area contributed by atoms with Gasteiger partial charge < -0.3 is 20.9 Å². The average molecular weight is 352 g/mol. The molecule has 0 radical (unpaired) electrons. The molecule has 0 spiro atoms. The van der Waals surface area contributed by atoms with Crippen LogP contribution in [0.5, 0.6) is 0 Å². The molecule has 2 fully saturated rings. The quantitative estimate of drug-likeness (QED) is 0.333. The number of nitrogens with one attached hydrogen (secondary N) is 3. The third kappa shape index (κ3) is 6.19. The number of unbranched alkanes of at least 4 members (excludes halogenated alkanes) is 1. The molecule has 8 heteroatoms. The fraction of sp³-hybridized carbons (Fsp3) is 0.824. The Balaban J connectivity index is 1.76. The molecule has 2 aliphatic heterocycles. The molecule has 2 rings (SSSR count). The first-order valence-corrected chi connectivity index (χ1v) is 9.49. The van der Waals surface area contributed by atoms with Crippen LogP contribution in [0.25, 0.3) is 0 Å². The lowest BCUT2D eigenvalue weighted by molar-refractivity contribution is -0.124. The first-order valence-electron chi connectivity index (χ1n) is 9.49. The minimum atomic E-state index is -0.322. The third-order valence-electron chi connectivity index (χ3n) is 4.63. The molecule has 2 heterocycles. The van der Waals surface area contributed by atoms with Gasteiger partial charge in [-0.3, -0.25) is 14.7 Å². The second-order valence-corrected chi connectivity index (χ2v) is 6.58. The van der Waals surface area contributed by atoms with E-state index >= 15 is 0 Å². The summed E-state index contributed by atoms with van der Waals surface area (Å²) in [6, 6.07) is 0.102. The van der Waals surface area contributed by atoms with Gasteiger partial charge in [0.25, 0.3) is 0 Å². The fourth-order valence-corrected chi connectivity index (χ4v) is 3.14. The van der Waals surface area contributed by atoms with E-state index in [0.29, 0.717) is 19.1 Å². The van der Waals surface area contributed by atoms with E-state index < -0.39 is 0 Å². The Hall–Kier alpha value is -1.83. The van der Waals surface area contributed by atoms with Gasteiger partial charge in [-0.05, 0) is 32.7 Å². The highest BCUT2D eigenvalue weighted by atomic mass is 16.2. The minimum absolute atomic E-state index is 0.0947. The number of likely N-dealkylation sites (tertiary alicyclic amines) is 1. The number of hydrogen-bond donors (Lipinski definition) is 3. The molecule has 0 aromatic heterocycles. The van der Waals surface area contributed by atoms with Crippen molar-refractivity contribution in [3.63, 3.8) is 0 Å². The van der Waals surface area contributed by atoms with Crippen molar-refractivity contribution >= 4 is 17.9 Å². The van der Waals surface area contributed by atoms with E-state index in [2.05, 4.69) is 32.8 Å². The maximum Gasteiger partial charge on any atom is 0.324 e. The van der Waals surface area contributed by atoms with Crippen LogP contribution in [0.3, 0.4) is 0 Å². The Labute approximate surface area is 150 Å². The van der Waals surface area contributed by atoms with Crippen LogP contribution >= 0.6 is 0 Å². The van der Waals surface area contributed by atoms with Gasteiger partial charge in [0, 0.05) is 25.7 Å². The molecule has 25 heavy (non-hydrogen) atoms. The first-order chi connectivity index (χ1) is 12.1. The molecule has 8 nitrogen and oxygen atoms in total. The van der Waals surface area contributed by atoms with E-state index in [1.165, 1.54) is 24.3 Å². The highest BCUT2D eigenvalue weighted by molar-refractivity contribution is 6.01. The number of guanidine groups is 1. The van der Waals surface area contributed by atoms with Gasteiger partial charge >= 0.3 is 6.03 Å². The normalized spacial score (nSPS) is 20.1. The maximum atomic E-state index is 11.6. The van der Waals surface area contributed by atoms with Crippen LogP contribution in [0, 0.1) is 0 Å². The van der Waals surface area contributed by atoms with Crippen molar-refractivity contribution in [3.8, 4) is 0 Å². The van der Waals surface area contributed by atoms with Crippen molar-refractivity contribution in [2.45, 2.75) is 45.6 Å². The molecule has 3 amide bonds. The standard InChI is InChI=1S/C17H32N6O2/c1-3-5-9-22-10-6-14(7-11-22)21-16(18-4-2)19-8-12-23-15(24)13-20-17(23)25/h14H,3-13H2,1-2H3,(H,20,25)(H2,18,19,21).